The smallest absolute Gasteiger partial charge is 0.324 e. The molecule has 0 aliphatic carbocycles. The number of nitrogens with one attached hydrogen (secondary N) is 1. The summed E-state index contributed by atoms with van der Waals surface area (Å²) in [5.41, 5.74) is 0. The number of carbonyl (C=O) groups is 1. The lowest BCUT2D eigenvalue weighted by Crippen LogP contribution is -2.56. The largest absolute Gasteiger partial charge is 0.468 e. The molecule has 106 valence electrons. The maximum Gasteiger partial charge on any atom is 0.324 e. The lowest BCUT2D eigenvalue weighted by atomic mass is 10.1. The van der Waals surface area contributed by atoms with Gasteiger partial charge in [-0.3, -0.25) is 14.6 Å². The summed E-state index contributed by atoms with van der Waals surface area (Å²) in [5, 5.41) is 3.19. The van der Waals surface area contributed by atoms with Gasteiger partial charge in [-0.25, -0.2) is 0 Å². The van der Waals surface area contributed by atoms with Gasteiger partial charge in [-0.15, -0.1) is 0 Å². The first-order chi connectivity index (χ1) is 8.62. The van der Waals surface area contributed by atoms with Crippen molar-refractivity contribution in [1.29, 1.82) is 0 Å². The van der Waals surface area contributed by atoms with Crippen molar-refractivity contribution in [2.24, 2.45) is 0 Å². The number of hydrogen-bond acceptors (Lipinski definition) is 5. The summed E-state index contributed by atoms with van der Waals surface area (Å²) in [6.45, 7) is 12.2. The summed E-state index contributed by atoms with van der Waals surface area (Å²) in [5.74, 6) is -0.164. The van der Waals surface area contributed by atoms with Crippen molar-refractivity contribution in [1.82, 2.24) is 15.1 Å². The maximum absolute atomic E-state index is 11.7. The Morgan fingerprint density at radius 1 is 1.44 bits per heavy atom. The summed E-state index contributed by atoms with van der Waals surface area (Å²) in [4.78, 5) is 16.5. The van der Waals surface area contributed by atoms with E-state index in [1.807, 2.05) is 6.92 Å². The molecule has 2 atom stereocenters. The Labute approximate surface area is 110 Å². The highest BCUT2D eigenvalue weighted by Crippen LogP contribution is 2.09. The highest BCUT2D eigenvalue weighted by molar-refractivity contribution is 5.75. The van der Waals surface area contributed by atoms with Crippen molar-refractivity contribution in [3.05, 3.63) is 0 Å². The average molecular weight is 257 g/mol. The van der Waals surface area contributed by atoms with Crippen LogP contribution in [0.1, 0.15) is 20.8 Å². The van der Waals surface area contributed by atoms with Crippen LogP contribution in [0.25, 0.3) is 0 Å². The number of ether oxygens (including phenoxy) is 1. The van der Waals surface area contributed by atoms with E-state index in [9.17, 15) is 4.79 Å². The lowest BCUT2D eigenvalue weighted by molar-refractivity contribution is -0.143. The second-order valence-electron chi connectivity index (χ2n) is 4.87. The average Bonchev–Trinajstić information content (AvgIpc) is 2.37. The molecule has 0 aromatic carbocycles. The highest BCUT2D eigenvalue weighted by atomic mass is 16.5. The molecular formula is C13H27N3O2. The zero-order chi connectivity index (χ0) is 13.5. The van der Waals surface area contributed by atoms with Crippen LogP contribution in [0.4, 0.5) is 0 Å². The van der Waals surface area contributed by atoms with Crippen LogP contribution >= 0.6 is 0 Å². The molecule has 0 saturated carbocycles. The second kappa shape index (κ2) is 7.71. The van der Waals surface area contributed by atoms with E-state index >= 15 is 0 Å². The zero-order valence-electron chi connectivity index (χ0n) is 12.1. The molecular weight excluding hydrogens is 230 g/mol. The SMILES string of the molecule is CCNC(CN1CCN(CC)C(C)C1)C(=O)OC. The van der Waals surface area contributed by atoms with Gasteiger partial charge >= 0.3 is 5.97 Å². The first-order valence-electron chi connectivity index (χ1n) is 6.89. The Bertz CT molecular complexity index is 261. The molecule has 1 aliphatic rings. The Hall–Kier alpha value is -0.650. The quantitative estimate of drug-likeness (QED) is 0.687. The molecule has 0 amide bonds. The Morgan fingerprint density at radius 3 is 2.67 bits per heavy atom. The number of carbonyl (C=O) groups excluding carboxylic acids is 1. The molecule has 1 saturated heterocycles. The first kappa shape index (κ1) is 15.4. The second-order valence-corrected chi connectivity index (χ2v) is 4.87. The molecule has 1 rings (SSSR count). The molecule has 0 aromatic rings. The molecule has 0 spiro atoms. The van der Waals surface area contributed by atoms with E-state index in [4.69, 9.17) is 4.74 Å². The van der Waals surface area contributed by atoms with Crippen molar-refractivity contribution in [3.63, 3.8) is 0 Å². The molecule has 5 nitrogen and oxygen atoms in total. The fourth-order valence-electron chi connectivity index (χ4n) is 2.58. The lowest BCUT2D eigenvalue weighted by Gasteiger charge is -2.40. The van der Waals surface area contributed by atoms with Gasteiger partial charge < -0.3 is 10.1 Å². The summed E-state index contributed by atoms with van der Waals surface area (Å²) < 4.78 is 4.84. The van der Waals surface area contributed by atoms with Crippen molar-refractivity contribution >= 4 is 5.97 Å². The number of hydrogen-bond donors (Lipinski definition) is 1. The summed E-state index contributed by atoms with van der Waals surface area (Å²) in [6.07, 6.45) is 0. The van der Waals surface area contributed by atoms with E-state index in [0.29, 0.717) is 6.04 Å². The molecule has 0 bridgehead atoms. The van der Waals surface area contributed by atoms with Gasteiger partial charge in [0.25, 0.3) is 0 Å². The fraction of sp³-hybridized carbons (Fsp3) is 0.923. The van der Waals surface area contributed by atoms with E-state index in [-0.39, 0.29) is 12.0 Å². The van der Waals surface area contributed by atoms with Crippen LogP contribution in [-0.2, 0) is 9.53 Å². The van der Waals surface area contributed by atoms with Crippen LogP contribution in [0, 0.1) is 0 Å². The summed E-state index contributed by atoms with van der Waals surface area (Å²) in [6, 6.07) is 0.351. The molecule has 18 heavy (non-hydrogen) atoms. The summed E-state index contributed by atoms with van der Waals surface area (Å²) in [7, 11) is 1.45. The van der Waals surface area contributed by atoms with Crippen LogP contribution in [-0.4, -0.2) is 74.2 Å². The molecule has 1 fully saturated rings. The standard InChI is InChI=1S/C13H27N3O2/c1-5-14-12(13(17)18-4)10-15-7-8-16(6-2)11(3)9-15/h11-12,14H,5-10H2,1-4H3. The molecule has 5 heteroatoms. The van der Waals surface area contributed by atoms with Crippen molar-refractivity contribution in [2.75, 3.05) is 46.4 Å². The minimum Gasteiger partial charge on any atom is -0.468 e. The number of likely N-dealkylation sites (N-methyl/N-ethyl adjacent to an activating group) is 2. The van der Waals surface area contributed by atoms with Gasteiger partial charge in [0.05, 0.1) is 7.11 Å². The van der Waals surface area contributed by atoms with Gasteiger partial charge in [0.1, 0.15) is 6.04 Å². The normalized spacial score (nSPS) is 23.9. The number of piperazine rings is 1. The third-order valence-electron chi connectivity index (χ3n) is 3.63. The number of nitrogens with zero attached hydrogens (tertiary/aromatic N) is 2. The minimum atomic E-state index is -0.208. The molecule has 0 radical (unpaired) electrons. The molecule has 1 heterocycles. The van der Waals surface area contributed by atoms with Gasteiger partial charge in [-0.1, -0.05) is 13.8 Å². The number of rotatable bonds is 6. The Kier molecular flexibility index (Phi) is 6.60. The predicted octanol–water partition coefficient (Wildman–Crippen LogP) is 0.164. The van der Waals surface area contributed by atoms with Crippen LogP contribution in [0.3, 0.4) is 0 Å². The zero-order valence-corrected chi connectivity index (χ0v) is 12.1. The highest BCUT2D eigenvalue weighted by Gasteiger charge is 2.27. The van der Waals surface area contributed by atoms with Crippen LogP contribution in [0.2, 0.25) is 0 Å². The van der Waals surface area contributed by atoms with E-state index in [0.717, 1.165) is 39.3 Å². The first-order valence-corrected chi connectivity index (χ1v) is 6.89. The van der Waals surface area contributed by atoms with Gasteiger partial charge in [0.2, 0.25) is 0 Å². The monoisotopic (exact) mass is 257 g/mol. The molecule has 1 aliphatic heterocycles. The van der Waals surface area contributed by atoms with E-state index in [2.05, 4.69) is 29.0 Å². The Balaban J connectivity index is 2.47. The van der Waals surface area contributed by atoms with Crippen molar-refractivity contribution in [2.45, 2.75) is 32.9 Å². The third kappa shape index (κ3) is 4.23. The third-order valence-corrected chi connectivity index (χ3v) is 3.63. The van der Waals surface area contributed by atoms with Crippen LogP contribution in [0.5, 0.6) is 0 Å². The van der Waals surface area contributed by atoms with Crippen LogP contribution in [0.15, 0.2) is 0 Å². The van der Waals surface area contributed by atoms with Crippen molar-refractivity contribution < 1.29 is 9.53 Å². The summed E-state index contributed by atoms with van der Waals surface area (Å²) >= 11 is 0. The fourth-order valence-corrected chi connectivity index (χ4v) is 2.58. The van der Waals surface area contributed by atoms with Gasteiger partial charge in [0.15, 0.2) is 0 Å². The van der Waals surface area contributed by atoms with E-state index < -0.39 is 0 Å². The topological polar surface area (TPSA) is 44.8 Å². The van der Waals surface area contributed by atoms with Gasteiger partial charge in [-0.2, -0.15) is 0 Å². The van der Waals surface area contributed by atoms with Gasteiger partial charge in [-0.05, 0) is 20.0 Å². The molecule has 1 N–H and O–H groups in total. The molecule has 0 aromatic heterocycles. The number of esters is 1. The molecule has 2 unspecified atom stereocenters. The van der Waals surface area contributed by atoms with E-state index in [1.165, 1.54) is 7.11 Å². The maximum atomic E-state index is 11.7. The van der Waals surface area contributed by atoms with Gasteiger partial charge in [0, 0.05) is 32.2 Å². The van der Waals surface area contributed by atoms with Crippen molar-refractivity contribution in [3.8, 4) is 0 Å². The predicted molar refractivity (Wildman–Crippen MR) is 72.6 cm³/mol. The van der Waals surface area contributed by atoms with E-state index in [1.54, 1.807) is 0 Å². The number of methoxy groups -OCH3 is 1. The van der Waals surface area contributed by atoms with Crippen LogP contribution < -0.4 is 5.32 Å². The minimum absolute atomic E-state index is 0.164. The Morgan fingerprint density at radius 2 is 2.17 bits per heavy atom.